The maximum atomic E-state index is 10.8. The number of hydrogen-bond donors (Lipinski definition) is 1. The molecule has 0 bridgehead atoms. The van der Waals surface area contributed by atoms with E-state index in [1.54, 1.807) is 29.6 Å². The molecular formula is C9H9N3O2. The van der Waals surface area contributed by atoms with Crippen LogP contribution in [0.3, 0.4) is 0 Å². The molecule has 0 aliphatic rings. The zero-order valence-corrected chi connectivity index (χ0v) is 7.58. The Kier molecular flexibility index (Phi) is 1.92. The first-order valence-electron chi connectivity index (χ1n) is 4.21. The van der Waals surface area contributed by atoms with Crippen LogP contribution in [0.5, 0.6) is 0 Å². The van der Waals surface area contributed by atoms with Crippen LogP contribution in [0.15, 0.2) is 24.5 Å². The van der Waals surface area contributed by atoms with Gasteiger partial charge in [0.2, 0.25) is 0 Å². The van der Waals surface area contributed by atoms with Crippen molar-refractivity contribution in [3.63, 3.8) is 0 Å². The lowest BCUT2D eigenvalue weighted by molar-refractivity contribution is -0.138. The Balaban J connectivity index is 2.61. The van der Waals surface area contributed by atoms with Gasteiger partial charge in [0, 0.05) is 0 Å². The van der Waals surface area contributed by atoms with Gasteiger partial charge in [0.15, 0.2) is 5.65 Å². The molecule has 1 unspecified atom stereocenters. The third-order valence-electron chi connectivity index (χ3n) is 2.15. The number of aliphatic carboxylic acids is 1. The maximum absolute atomic E-state index is 10.8. The number of nitrogens with zero attached hydrogens (tertiary/aromatic N) is 3. The Bertz CT molecular complexity index is 478. The van der Waals surface area contributed by atoms with Crippen molar-refractivity contribution >= 4 is 11.6 Å². The van der Waals surface area contributed by atoms with E-state index >= 15 is 0 Å². The summed E-state index contributed by atoms with van der Waals surface area (Å²) in [5.74, 6) is -1.45. The van der Waals surface area contributed by atoms with Crippen LogP contribution in [0.25, 0.3) is 5.65 Å². The molecule has 2 aromatic rings. The fraction of sp³-hybridized carbons (Fsp3) is 0.222. The smallest absolute Gasteiger partial charge is 0.312 e. The fourth-order valence-corrected chi connectivity index (χ4v) is 1.32. The molecule has 0 aliphatic carbocycles. The number of carboxylic acid groups (broad SMARTS) is 1. The average Bonchev–Trinajstić information content (AvgIpc) is 2.63. The molecule has 0 aromatic carbocycles. The molecule has 2 rings (SSSR count). The zero-order valence-electron chi connectivity index (χ0n) is 7.58. The predicted molar refractivity (Wildman–Crippen MR) is 49.0 cm³/mol. The van der Waals surface area contributed by atoms with E-state index in [0.717, 1.165) is 0 Å². The number of carboxylic acids is 1. The van der Waals surface area contributed by atoms with Gasteiger partial charge in [-0.25, -0.2) is 9.50 Å². The highest BCUT2D eigenvalue weighted by Gasteiger charge is 2.16. The summed E-state index contributed by atoms with van der Waals surface area (Å²) in [6, 6.07) is 5.30. The van der Waals surface area contributed by atoms with Gasteiger partial charge in [-0.1, -0.05) is 6.07 Å². The lowest BCUT2D eigenvalue weighted by Gasteiger charge is -2.07. The number of hydrogen-bond acceptors (Lipinski definition) is 3. The SMILES string of the molecule is CC(C(=O)O)c1cccc2ncnn12. The Labute approximate surface area is 80.0 Å². The largest absolute Gasteiger partial charge is 0.481 e. The van der Waals surface area contributed by atoms with Crippen LogP contribution >= 0.6 is 0 Å². The first-order chi connectivity index (χ1) is 6.70. The summed E-state index contributed by atoms with van der Waals surface area (Å²) in [5.41, 5.74) is 1.29. The standard InChI is InChI=1S/C9H9N3O2/c1-6(9(13)14)7-3-2-4-8-10-5-11-12(7)8/h2-6H,1H3,(H,13,14). The highest BCUT2D eigenvalue weighted by Crippen LogP contribution is 2.15. The van der Waals surface area contributed by atoms with E-state index in [-0.39, 0.29) is 0 Å². The number of pyridine rings is 1. The van der Waals surface area contributed by atoms with Crippen LogP contribution in [0, 0.1) is 0 Å². The minimum atomic E-state index is -0.868. The van der Waals surface area contributed by atoms with Gasteiger partial charge in [-0.15, -0.1) is 0 Å². The van der Waals surface area contributed by atoms with Crippen LogP contribution in [-0.2, 0) is 4.79 Å². The number of fused-ring (bicyclic) bond motifs is 1. The van der Waals surface area contributed by atoms with Crippen molar-refractivity contribution in [2.45, 2.75) is 12.8 Å². The molecule has 0 fully saturated rings. The van der Waals surface area contributed by atoms with Crippen LogP contribution in [0.4, 0.5) is 0 Å². The molecule has 1 N–H and O–H groups in total. The van der Waals surface area contributed by atoms with E-state index in [4.69, 9.17) is 5.11 Å². The number of rotatable bonds is 2. The van der Waals surface area contributed by atoms with Gasteiger partial charge in [0.05, 0.1) is 11.6 Å². The summed E-state index contributed by atoms with van der Waals surface area (Å²) in [7, 11) is 0. The lowest BCUT2D eigenvalue weighted by Crippen LogP contribution is -2.12. The highest BCUT2D eigenvalue weighted by atomic mass is 16.4. The summed E-state index contributed by atoms with van der Waals surface area (Å²) >= 11 is 0. The molecule has 1 atom stereocenters. The molecule has 0 amide bonds. The molecule has 5 heteroatoms. The zero-order chi connectivity index (χ0) is 10.1. The van der Waals surface area contributed by atoms with E-state index in [9.17, 15) is 4.79 Å². The molecule has 72 valence electrons. The minimum Gasteiger partial charge on any atom is -0.481 e. The van der Waals surface area contributed by atoms with Crippen LogP contribution in [0.1, 0.15) is 18.5 Å². The lowest BCUT2D eigenvalue weighted by atomic mass is 10.1. The van der Waals surface area contributed by atoms with Crippen LogP contribution in [0.2, 0.25) is 0 Å². The molecule has 5 nitrogen and oxygen atoms in total. The molecule has 2 aromatic heterocycles. The summed E-state index contributed by atoms with van der Waals surface area (Å²) in [4.78, 5) is 14.8. The molecule has 0 saturated heterocycles. The van der Waals surface area contributed by atoms with Crippen LogP contribution in [-0.4, -0.2) is 25.7 Å². The van der Waals surface area contributed by atoms with Crippen molar-refractivity contribution in [2.24, 2.45) is 0 Å². The van der Waals surface area contributed by atoms with E-state index in [2.05, 4.69) is 10.1 Å². The predicted octanol–water partition coefficient (Wildman–Crippen LogP) is 0.917. The van der Waals surface area contributed by atoms with Crippen molar-refractivity contribution in [1.82, 2.24) is 14.6 Å². The van der Waals surface area contributed by atoms with Crippen molar-refractivity contribution in [1.29, 1.82) is 0 Å². The molecular weight excluding hydrogens is 182 g/mol. The third-order valence-corrected chi connectivity index (χ3v) is 2.15. The Morgan fingerprint density at radius 1 is 1.57 bits per heavy atom. The van der Waals surface area contributed by atoms with E-state index in [0.29, 0.717) is 11.3 Å². The topological polar surface area (TPSA) is 67.5 Å². The first-order valence-corrected chi connectivity index (χ1v) is 4.21. The molecule has 2 heterocycles. The Hall–Kier alpha value is -1.91. The van der Waals surface area contributed by atoms with Gasteiger partial charge < -0.3 is 5.11 Å². The van der Waals surface area contributed by atoms with Crippen molar-refractivity contribution in [2.75, 3.05) is 0 Å². The average molecular weight is 191 g/mol. The summed E-state index contributed by atoms with van der Waals surface area (Å²) in [5, 5.41) is 12.8. The van der Waals surface area contributed by atoms with E-state index < -0.39 is 11.9 Å². The molecule has 0 spiro atoms. The third kappa shape index (κ3) is 1.22. The monoisotopic (exact) mass is 191 g/mol. The summed E-state index contributed by atoms with van der Waals surface area (Å²) < 4.78 is 1.54. The van der Waals surface area contributed by atoms with Gasteiger partial charge >= 0.3 is 5.97 Å². The Morgan fingerprint density at radius 2 is 2.36 bits per heavy atom. The fourth-order valence-electron chi connectivity index (χ4n) is 1.32. The second-order valence-electron chi connectivity index (χ2n) is 3.04. The minimum absolute atomic E-state index is 0.583. The Morgan fingerprint density at radius 3 is 3.07 bits per heavy atom. The van der Waals surface area contributed by atoms with Crippen molar-refractivity contribution < 1.29 is 9.90 Å². The van der Waals surface area contributed by atoms with Crippen molar-refractivity contribution in [3.05, 3.63) is 30.2 Å². The summed E-state index contributed by atoms with van der Waals surface area (Å²) in [6.45, 7) is 1.62. The van der Waals surface area contributed by atoms with Crippen molar-refractivity contribution in [3.8, 4) is 0 Å². The van der Waals surface area contributed by atoms with Gasteiger partial charge in [-0.05, 0) is 19.1 Å². The van der Waals surface area contributed by atoms with Gasteiger partial charge in [0.25, 0.3) is 0 Å². The van der Waals surface area contributed by atoms with E-state index in [1.807, 2.05) is 0 Å². The normalized spacial score (nSPS) is 12.9. The maximum Gasteiger partial charge on any atom is 0.312 e. The highest BCUT2D eigenvalue weighted by molar-refractivity contribution is 5.75. The van der Waals surface area contributed by atoms with Gasteiger partial charge in [-0.2, -0.15) is 5.10 Å². The molecule has 0 aliphatic heterocycles. The molecule has 0 saturated carbocycles. The van der Waals surface area contributed by atoms with E-state index in [1.165, 1.54) is 6.33 Å². The second-order valence-corrected chi connectivity index (χ2v) is 3.04. The van der Waals surface area contributed by atoms with Crippen LogP contribution < -0.4 is 0 Å². The molecule has 14 heavy (non-hydrogen) atoms. The second kappa shape index (κ2) is 3.10. The number of aromatic nitrogens is 3. The quantitative estimate of drug-likeness (QED) is 0.766. The summed E-state index contributed by atoms with van der Waals surface area (Å²) in [6.07, 6.45) is 1.41. The van der Waals surface area contributed by atoms with Gasteiger partial charge in [-0.3, -0.25) is 4.79 Å². The number of carbonyl (C=O) groups is 1. The molecule has 0 radical (unpaired) electrons. The van der Waals surface area contributed by atoms with Gasteiger partial charge in [0.1, 0.15) is 6.33 Å². The first kappa shape index (κ1) is 8.68.